The van der Waals surface area contributed by atoms with E-state index in [9.17, 15) is 13.2 Å². The lowest BCUT2D eigenvalue weighted by molar-refractivity contribution is -0.134. The summed E-state index contributed by atoms with van der Waals surface area (Å²) in [6.07, 6.45) is 3.47. The molecule has 2 fully saturated rings. The van der Waals surface area contributed by atoms with Crippen molar-refractivity contribution in [2.75, 3.05) is 65.7 Å². The molecule has 29 heavy (non-hydrogen) atoms. The molecule has 7 nitrogen and oxygen atoms in total. The number of carbonyl (C=O) groups is 1. The second kappa shape index (κ2) is 10.0. The summed E-state index contributed by atoms with van der Waals surface area (Å²) in [6, 6.07) is 10.5. The molecule has 0 unspecified atom stereocenters. The minimum atomic E-state index is -3.16. The number of benzene rings is 1. The molecule has 0 atom stereocenters. The molecular weight excluding hydrogens is 388 g/mol. The van der Waals surface area contributed by atoms with Gasteiger partial charge < -0.3 is 9.80 Å². The van der Waals surface area contributed by atoms with E-state index in [0.29, 0.717) is 38.6 Å². The van der Waals surface area contributed by atoms with Crippen LogP contribution in [-0.2, 0) is 21.4 Å². The molecule has 2 saturated heterocycles. The number of hydrogen-bond acceptors (Lipinski definition) is 5. The van der Waals surface area contributed by atoms with Gasteiger partial charge in [0.25, 0.3) is 0 Å². The standard InChI is InChI=1S/C21H34N4O3S/c1-22(16-19-6-4-3-5-7-19)17-20-8-10-23(11-9-20)18-21(26)24-12-14-25(15-13-24)29(2,27)28/h3-7,20H,8-18H2,1-2H3. The average molecular weight is 423 g/mol. The number of amides is 1. The van der Waals surface area contributed by atoms with Crippen LogP contribution in [0.15, 0.2) is 30.3 Å². The number of hydrogen-bond donors (Lipinski definition) is 0. The Hall–Kier alpha value is -1.48. The highest BCUT2D eigenvalue weighted by molar-refractivity contribution is 7.88. The van der Waals surface area contributed by atoms with Gasteiger partial charge in [0, 0.05) is 39.3 Å². The third-order valence-corrected chi connectivity index (χ3v) is 7.29. The Morgan fingerprint density at radius 3 is 2.24 bits per heavy atom. The molecule has 2 aliphatic heterocycles. The summed E-state index contributed by atoms with van der Waals surface area (Å²) in [5, 5.41) is 0. The first kappa shape index (κ1) is 22.2. The van der Waals surface area contributed by atoms with Crippen molar-refractivity contribution in [1.82, 2.24) is 19.0 Å². The number of nitrogens with zero attached hydrogens (tertiary/aromatic N) is 4. The smallest absolute Gasteiger partial charge is 0.236 e. The maximum absolute atomic E-state index is 12.6. The van der Waals surface area contributed by atoms with Gasteiger partial charge in [-0.3, -0.25) is 9.69 Å². The topological polar surface area (TPSA) is 64.2 Å². The lowest BCUT2D eigenvalue weighted by atomic mass is 9.96. The minimum absolute atomic E-state index is 0.123. The van der Waals surface area contributed by atoms with E-state index in [1.807, 2.05) is 6.07 Å². The van der Waals surface area contributed by atoms with E-state index in [1.165, 1.54) is 16.1 Å². The number of likely N-dealkylation sites (tertiary alicyclic amines) is 1. The van der Waals surface area contributed by atoms with Gasteiger partial charge >= 0.3 is 0 Å². The van der Waals surface area contributed by atoms with Crippen molar-refractivity contribution in [3.05, 3.63) is 35.9 Å². The van der Waals surface area contributed by atoms with Crippen LogP contribution in [0.5, 0.6) is 0 Å². The van der Waals surface area contributed by atoms with Crippen molar-refractivity contribution in [3.8, 4) is 0 Å². The fourth-order valence-corrected chi connectivity index (χ4v) is 5.11. The Balaban J connectivity index is 1.36. The van der Waals surface area contributed by atoms with Crippen LogP contribution in [0.2, 0.25) is 0 Å². The Kier molecular flexibility index (Phi) is 7.67. The molecule has 2 heterocycles. The lowest BCUT2D eigenvalue weighted by Crippen LogP contribution is -2.53. The predicted molar refractivity (Wildman–Crippen MR) is 115 cm³/mol. The summed E-state index contributed by atoms with van der Waals surface area (Å²) in [4.78, 5) is 19.0. The summed E-state index contributed by atoms with van der Waals surface area (Å²) in [7, 11) is -0.978. The molecule has 0 aromatic heterocycles. The molecule has 1 amide bonds. The highest BCUT2D eigenvalue weighted by atomic mass is 32.2. The van der Waals surface area contributed by atoms with E-state index in [4.69, 9.17) is 0 Å². The van der Waals surface area contributed by atoms with Crippen LogP contribution >= 0.6 is 0 Å². The van der Waals surface area contributed by atoms with Crippen molar-refractivity contribution in [2.24, 2.45) is 5.92 Å². The first-order valence-electron chi connectivity index (χ1n) is 10.5. The molecule has 1 aromatic carbocycles. The minimum Gasteiger partial charge on any atom is -0.339 e. The van der Waals surface area contributed by atoms with Gasteiger partial charge in [0.05, 0.1) is 12.8 Å². The molecule has 0 spiro atoms. The predicted octanol–water partition coefficient (Wildman–Crippen LogP) is 0.934. The van der Waals surface area contributed by atoms with E-state index in [0.717, 1.165) is 39.0 Å². The summed E-state index contributed by atoms with van der Waals surface area (Å²) in [6.45, 7) is 6.21. The Bertz CT molecular complexity index is 755. The quantitative estimate of drug-likeness (QED) is 0.654. The normalized spacial score (nSPS) is 20.3. The van der Waals surface area contributed by atoms with E-state index < -0.39 is 10.0 Å². The number of piperidine rings is 1. The van der Waals surface area contributed by atoms with Gasteiger partial charge in [-0.2, -0.15) is 4.31 Å². The van der Waals surface area contributed by atoms with E-state index in [-0.39, 0.29) is 5.91 Å². The van der Waals surface area contributed by atoms with E-state index >= 15 is 0 Å². The van der Waals surface area contributed by atoms with Gasteiger partial charge in [-0.15, -0.1) is 0 Å². The highest BCUT2D eigenvalue weighted by Crippen LogP contribution is 2.19. The van der Waals surface area contributed by atoms with Crippen molar-refractivity contribution in [2.45, 2.75) is 19.4 Å². The van der Waals surface area contributed by atoms with Crippen molar-refractivity contribution in [3.63, 3.8) is 0 Å². The Labute approximate surface area is 175 Å². The SMILES string of the molecule is CN(Cc1ccccc1)CC1CCN(CC(=O)N2CCN(S(C)(=O)=O)CC2)CC1. The Morgan fingerprint density at radius 2 is 1.66 bits per heavy atom. The first-order valence-corrected chi connectivity index (χ1v) is 12.3. The monoisotopic (exact) mass is 422 g/mol. The van der Waals surface area contributed by atoms with Crippen molar-refractivity contribution >= 4 is 15.9 Å². The average Bonchev–Trinajstić information content (AvgIpc) is 2.69. The van der Waals surface area contributed by atoms with Crippen LogP contribution in [0, 0.1) is 5.92 Å². The van der Waals surface area contributed by atoms with E-state index in [2.05, 4.69) is 41.1 Å². The molecule has 1 aromatic rings. The zero-order valence-corrected chi connectivity index (χ0v) is 18.5. The number of carbonyl (C=O) groups excluding carboxylic acids is 1. The second-order valence-electron chi connectivity index (χ2n) is 8.44. The molecule has 3 rings (SSSR count). The molecular formula is C21H34N4O3S. The van der Waals surface area contributed by atoms with Gasteiger partial charge in [-0.25, -0.2) is 8.42 Å². The van der Waals surface area contributed by atoms with Crippen molar-refractivity contribution < 1.29 is 13.2 Å². The molecule has 0 N–H and O–H groups in total. The van der Waals surface area contributed by atoms with Crippen molar-refractivity contribution in [1.29, 1.82) is 0 Å². The summed E-state index contributed by atoms with van der Waals surface area (Å²) < 4.78 is 24.7. The molecule has 8 heteroatoms. The maximum atomic E-state index is 12.6. The third-order valence-electron chi connectivity index (χ3n) is 5.99. The first-order chi connectivity index (χ1) is 13.8. The number of rotatable bonds is 7. The maximum Gasteiger partial charge on any atom is 0.236 e. The highest BCUT2D eigenvalue weighted by Gasteiger charge is 2.28. The van der Waals surface area contributed by atoms with Crippen LogP contribution in [0.3, 0.4) is 0 Å². The molecule has 2 aliphatic rings. The second-order valence-corrected chi connectivity index (χ2v) is 10.4. The van der Waals surface area contributed by atoms with Crippen LogP contribution in [-0.4, -0.2) is 99.0 Å². The van der Waals surface area contributed by atoms with Gasteiger partial charge in [0.15, 0.2) is 0 Å². The number of sulfonamides is 1. The number of piperazine rings is 1. The van der Waals surface area contributed by atoms with Gasteiger partial charge in [-0.1, -0.05) is 30.3 Å². The molecule has 162 valence electrons. The lowest BCUT2D eigenvalue weighted by Gasteiger charge is -2.37. The van der Waals surface area contributed by atoms with Crippen LogP contribution in [0.25, 0.3) is 0 Å². The van der Waals surface area contributed by atoms with Gasteiger partial charge in [-0.05, 0) is 44.5 Å². The fraction of sp³-hybridized carbons (Fsp3) is 0.667. The molecule has 0 aliphatic carbocycles. The summed E-state index contributed by atoms with van der Waals surface area (Å²) in [5.41, 5.74) is 1.34. The summed E-state index contributed by atoms with van der Waals surface area (Å²) >= 11 is 0. The fourth-order valence-electron chi connectivity index (χ4n) is 4.29. The van der Waals surface area contributed by atoms with E-state index in [1.54, 1.807) is 4.90 Å². The van der Waals surface area contributed by atoms with Gasteiger partial charge in [0.1, 0.15) is 0 Å². The largest absolute Gasteiger partial charge is 0.339 e. The summed E-state index contributed by atoms with van der Waals surface area (Å²) in [5.74, 6) is 0.797. The zero-order chi connectivity index (χ0) is 20.9. The van der Waals surface area contributed by atoms with Gasteiger partial charge in [0.2, 0.25) is 15.9 Å². The molecule has 0 saturated carbocycles. The van der Waals surface area contributed by atoms with Crippen LogP contribution in [0.4, 0.5) is 0 Å². The third kappa shape index (κ3) is 6.77. The molecule has 0 bridgehead atoms. The van der Waals surface area contributed by atoms with Crippen LogP contribution < -0.4 is 0 Å². The Morgan fingerprint density at radius 1 is 1.03 bits per heavy atom. The molecule has 0 radical (unpaired) electrons. The zero-order valence-electron chi connectivity index (χ0n) is 17.7. The van der Waals surface area contributed by atoms with Crippen LogP contribution in [0.1, 0.15) is 18.4 Å².